The van der Waals surface area contributed by atoms with Gasteiger partial charge in [0.1, 0.15) is 0 Å². The fourth-order valence-corrected chi connectivity index (χ4v) is 5.98. The van der Waals surface area contributed by atoms with Crippen molar-refractivity contribution in [1.82, 2.24) is 20.4 Å². The summed E-state index contributed by atoms with van der Waals surface area (Å²) in [4.78, 5) is 18.2. The van der Waals surface area contributed by atoms with Crippen LogP contribution in [0.4, 0.5) is 4.79 Å². The fraction of sp³-hybridized carbons (Fsp3) is 0.359. The van der Waals surface area contributed by atoms with Crippen molar-refractivity contribution in [3.05, 3.63) is 131 Å². The summed E-state index contributed by atoms with van der Waals surface area (Å²) in [6.07, 6.45) is 2.79. The number of urea groups is 1. The molecule has 0 aliphatic carbocycles. The maximum atomic E-state index is 13.6. The number of benzene rings is 4. The fourth-order valence-electron chi connectivity index (χ4n) is 5.98. The summed E-state index contributed by atoms with van der Waals surface area (Å²) in [5.74, 6) is 0.650. The maximum absolute atomic E-state index is 13.6. The summed E-state index contributed by atoms with van der Waals surface area (Å²) in [7, 11) is 0. The Morgan fingerprint density at radius 3 is 1.91 bits per heavy atom. The second-order valence-corrected chi connectivity index (χ2v) is 12.5. The zero-order chi connectivity index (χ0) is 30.6. The highest BCUT2D eigenvalue weighted by molar-refractivity contribution is 5.74. The molecule has 4 aromatic carbocycles. The molecule has 0 bridgehead atoms. The standard InChI is InChI=1S/C39H48N4O/c1-31(2)27-40-28-33-13-17-36(18-14-33)37-19-15-35(16-20-37)30-43(39(44)41-24-21-32-9-5-3-6-10-32)38-22-25-42(26-23-38)29-34-11-7-4-8-12-34/h3-20,31,38,40H,21-30H2,1-2H3,(H,41,44). The first-order chi connectivity index (χ1) is 21.5. The molecule has 0 atom stereocenters. The maximum Gasteiger partial charge on any atom is 0.317 e. The normalized spacial score (nSPS) is 14.1. The average molecular weight is 589 g/mol. The van der Waals surface area contributed by atoms with Crippen LogP contribution >= 0.6 is 0 Å². The van der Waals surface area contributed by atoms with E-state index in [9.17, 15) is 4.79 Å². The third kappa shape index (κ3) is 9.54. The molecule has 0 spiro atoms. The van der Waals surface area contributed by atoms with Gasteiger partial charge >= 0.3 is 6.03 Å². The van der Waals surface area contributed by atoms with Crippen LogP contribution in [0.25, 0.3) is 11.1 Å². The van der Waals surface area contributed by atoms with Gasteiger partial charge in [-0.15, -0.1) is 0 Å². The lowest BCUT2D eigenvalue weighted by Crippen LogP contribution is -2.50. The molecule has 44 heavy (non-hydrogen) atoms. The third-order valence-electron chi connectivity index (χ3n) is 8.52. The molecule has 5 heteroatoms. The van der Waals surface area contributed by atoms with Crippen molar-refractivity contribution >= 4 is 6.03 Å². The van der Waals surface area contributed by atoms with E-state index in [0.29, 0.717) is 19.0 Å². The smallest absolute Gasteiger partial charge is 0.317 e. The van der Waals surface area contributed by atoms with Crippen molar-refractivity contribution in [2.75, 3.05) is 26.2 Å². The number of carbonyl (C=O) groups is 1. The van der Waals surface area contributed by atoms with Crippen LogP contribution < -0.4 is 10.6 Å². The Labute approximate surface area is 264 Å². The van der Waals surface area contributed by atoms with Gasteiger partial charge in [-0.05, 0) is 65.1 Å². The number of rotatable bonds is 13. The van der Waals surface area contributed by atoms with E-state index in [1.165, 1.54) is 27.8 Å². The summed E-state index contributed by atoms with van der Waals surface area (Å²) >= 11 is 0. The number of piperidine rings is 1. The monoisotopic (exact) mass is 588 g/mol. The average Bonchev–Trinajstić information content (AvgIpc) is 3.05. The largest absolute Gasteiger partial charge is 0.338 e. The summed E-state index contributed by atoms with van der Waals surface area (Å²) in [5.41, 5.74) is 7.46. The Kier molecular flexibility index (Phi) is 11.6. The van der Waals surface area contributed by atoms with Crippen molar-refractivity contribution < 1.29 is 4.79 Å². The van der Waals surface area contributed by atoms with E-state index in [1.807, 2.05) is 6.07 Å². The molecule has 230 valence electrons. The second kappa shape index (κ2) is 16.2. The number of carbonyl (C=O) groups excluding carboxylic acids is 1. The minimum Gasteiger partial charge on any atom is -0.338 e. The second-order valence-electron chi connectivity index (χ2n) is 12.5. The SMILES string of the molecule is CC(C)CNCc1ccc(-c2ccc(CN(C(=O)NCCc3ccccc3)C3CCN(Cc4ccccc4)CC3)cc2)cc1. The minimum absolute atomic E-state index is 0.0354. The molecule has 0 radical (unpaired) electrons. The van der Waals surface area contributed by atoms with Crippen LogP contribution in [0.2, 0.25) is 0 Å². The van der Waals surface area contributed by atoms with Gasteiger partial charge in [-0.25, -0.2) is 4.79 Å². The van der Waals surface area contributed by atoms with Crippen LogP contribution in [0.1, 0.15) is 48.9 Å². The van der Waals surface area contributed by atoms with Gasteiger partial charge in [0.05, 0.1) is 0 Å². The Hall–Kier alpha value is -3.93. The van der Waals surface area contributed by atoms with Crippen molar-refractivity contribution in [2.45, 2.75) is 58.8 Å². The number of nitrogens with one attached hydrogen (secondary N) is 2. The molecule has 1 aliphatic heterocycles. The highest BCUT2D eigenvalue weighted by atomic mass is 16.2. The van der Waals surface area contributed by atoms with Crippen molar-refractivity contribution in [3.63, 3.8) is 0 Å². The molecule has 1 heterocycles. The van der Waals surface area contributed by atoms with Gasteiger partial charge < -0.3 is 15.5 Å². The molecule has 4 aromatic rings. The highest BCUT2D eigenvalue weighted by Crippen LogP contribution is 2.24. The quantitative estimate of drug-likeness (QED) is 0.170. The van der Waals surface area contributed by atoms with Gasteiger partial charge in [-0.1, -0.05) is 123 Å². The number of likely N-dealkylation sites (tertiary alicyclic amines) is 1. The Bertz CT molecular complexity index is 1400. The van der Waals surface area contributed by atoms with Crippen LogP contribution in [0.15, 0.2) is 109 Å². The van der Waals surface area contributed by atoms with E-state index in [-0.39, 0.29) is 12.1 Å². The van der Waals surface area contributed by atoms with E-state index < -0.39 is 0 Å². The van der Waals surface area contributed by atoms with Gasteiger partial charge in [0.2, 0.25) is 0 Å². The predicted molar refractivity (Wildman–Crippen MR) is 182 cm³/mol. The van der Waals surface area contributed by atoms with Gasteiger partial charge in [-0.2, -0.15) is 0 Å². The first kappa shape index (κ1) is 31.5. The molecular formula is C39H48N4O. The topological polar surface area (TPSA) is 47.6 Å². The third-order valence-corrected chi connectivity index (χ3v) is 8.52. The molecule has 5 nitrogen and oxygen atoms in total. The lowest BCUT2D eigenvalue weighted by atomic mass is 10.00. The first-order valence-corrected chi connectivity index (χ1v) is 16.3. The van der Waals surface area contributed by atoms with Gasteiger partial charge in [0.15, 0.2) is 0 Å². The van der Waals surface area contributed by atoms with Crippen LogP contribution in [-0.2, 0) is 26.1 Å². The summed E-state index contributed by atoms with van der Waals surface area (Å²) in [6, 6.07) is 38.9. The van der Waals surface area contributed by atoms with E-state index >= 15 is 0 Å². The summed E-state index contributed by atoms with van der Waals surface area (Å²) < 4.78 is 0. The zero-order valence-electron chi connectivity index (χ0n) is 26.4. The van der Waals surface area contributed by atoms with Gasteiger partial charge in [-0.3, -0.25) is 4.90 Å². The Balaban J connectivity index is 1.21. The van der Waals surface area contributed by atoms with Crippen LogP contribution in [0, 0.1) is 5.92 Å². The van der Waals surface area contributed by atoms with Gasteiger partial charge in [0, 0.05) is 45.3 Å². The van der Waals surface area contributed by atoms with Crippen molar-refractivity contribution in [3.8, 4) is 11.1 Å². The molecule has 2 N–H and O–H groups in total. The Morgan fingerprint density at radius 1 is 0.750 bits per heavy atom. The minimum atomic E-state index is 0.0354. The number of nitrogens with zero attached hydrogens (tertiary/aromatic N) is 2. The van der Waals surface area contributed by atoms with Gasteiger partial charge in [0.25, 0.3) is 0 Å². The molecule has 0 saturated carbocycles. The van der Waals surface area contributed by atoms with E-state index in [0.717, 1.165) is 57.5 Å². The van der Waals surface area contributed by atoms with Crippen LogP contribution in [0.3, 0.4) is 0 Å². The molecule has 1 saturated heterocycles. The van der Waals surface area contributed by atoms with Crippen molar-refractivity contribution in [1.29, 1.82) is 0 Å². The zero-order valence-corrected chi connectivity index (χ0v) is 26.4. The molecule has 0 unspecified atom stereocenters. The number of hydrogen-bond donors (Lipinski definition) is 2. The first-order valence-electron chi connectivity index (χ1n) is 16.3. The molecule has 0 aromatic heterocycles. The molecular weight excluding hydrogens is 540 g/mol. The van der Waals surface area contributed by atoms with Crippen LogP contribution in [-0.4, -0.2) is 48.1 Å². The molecule has 2 amide bonds. The molecule has 1 fully saturated rings. The van der Waals surface area contributed by atoms with Crippen molar-refractivity contribution in [2.24, 2.45) is 5.92 Å². The van der Waals surface area contributed by atoms with E-state index in [2.05, 4.69) is 137 Å². The Morgan fingerprint density at radius 2 is 1.32 bits per heavy atom. The number of amides is 2. The lowest BCUT2D eigenvalue weighted by Gasteiger charge is -2.38. The summed E-state index contributed by atoms with van der Waals surface area (Å²) in [5, 5.41) is 6.75. The lowest BCUT2D eigenvalue weighted by molar-refractivity contribution is 0.113. The van der Waals surface area contributed by atoms with E-state index in [4.69, 9.17) is 0 Å². The van der Waals surface area contributed by atoms with E-state index in [1.54, 1.807) is 0 Å². The van der Waals surface area contributed by atoms with Crippen LogP contribution in [0.5, 0.6) is 0 Å². The predicted octanol–water partition coefficient (Wildman–Crippen LogP) is 7.52. The molecule has 5 rings (SSSR count). The highest BCUT2D eigenvalue weighted by Gasteiger charge is 2.28. The molecule has 1 aliphatic rings. The summed E-state index contributed by atoms with van der Waals surface area (Å²) in [6.45, 7) is 10.6. The number of hydrogen-bond acceptors (Lipinski definition) is 3.